The van der Waals surface area contributed by atoms with Gasteiger partial charge in [-0.1, -0.05) is 78.9 Å². The van der Waals surface area contributed by atoms with Crippen molar-refractivity contribution < 1.29 is 0 Å². The average molecular weight is 360 g/mol. The molecule has 1 heterocycles. The van der Waals surface area contributed by atoms with E-state index in [1.54, 1.807) is 0 Å². The fourth-order valence-electron chi connectivity index (χ4n) is 4.19. The number of hydrogen-bond donors (Lipinski definition) is 0. The molecule has 6 aromatic rings. The lowest BCUT2D eigenvalue weighted by Gasteiger charge is -2.10. The Hall–Kier alpha value is -3.16. The highest BCUT2D eigenvalue weighted by molar-refractivity contribution is 7.25. The Kier molecular flexibility index (Phi) is 3.14. The summed E-state index contributed by atoms with van der Waals surface area (Å²) in [6, 6.07) is 35.4. The average Bonchev–Trinajstić information content (AvgIpc) is 3.11. The first kappa shape index (κ1) is 15.0. The molecule has 1 aromatic heterocycles. The zero-order valence-electron chi connectivity index (χ0n) is 14.6. The summed E-state index contributed by atoms with van der Waals surface area (Å²) in [4.78, 5) is 0. The van der Waals surface area contributed by atoms with Crippen LogP contribution in [-0.4, -0.2) is 0 Å². The summed E-state index contributed by atoms with van der Waals surface area (Å²) >= 11 is 1.87. The van der Waals surface area contributed by atoms with Crippen LogP contribution in [0.1, 0.15) is 0 Å². The van der Waals surface area contributed by atoms with Crippen molar-refractivity contribution in [2.24, 2.45) is 0 Å². The summed E-state index contributed by atoms with van der Waals surface area (Å²) in [5, 5.41) is 7.95. The van der Waals surface area contributed by atoms with Gasteiger partial charge < -0.3 is 0 Å². The molecule has 0 atom stereocenters. The van der Waals surface area contributed by atoms with Crippen LogP contribution in [0, 0.1) is 0 Å². The van der Waals surface area contributed by atoms with Crippen molar-refractivity contribution in [1.29, 1.82) is 0 Å². The lowest BCUT2D eigenvalue weighted by Crippen LogP contribution is -1.83. The third-order valence-corrected chi connectivity index (χ3v) is 6.63. The number of thiophene rings is 1. The second-order valence-electron chi connectivity index (χ2n) is 7.00. The van der Waals surface area contributed by atoms with E-state index in [1.165, 1.54) is 52.8 Å². The number of hydrogen-bond acceptors (Lipinski definition) is 1. The monoisotopic (exact) mass is 360 g/mol. The minimum atomic E-state index is 1.28. The summed E-state index contributed by atoms with van der Waals surface area (Å²) in [7, 11) is 0. The fraction of sp³-hybridized carbons (Fsp3) is 0. The Balaban J connectivity index is 1.67. The van der Waals surface area contributed by atoms with Crippen LogP contribution in [0.3, 0.4) is 0 Å². The van der Waals surface area contributed by atoms with E-state index in [0.717, 1.165) is 0 Å². The number of benzene rings is 5. The highest BCUT2D eigenvalue weighted by Gasteiger charge is 2.09. The standard InChI is InChI=1S/C26H16S/c1-2-7-19-17(6-1)12-14-22-20(9-5-10-21(19)22)18-13-15-26-24(16-18)23-8-3-4-11-25(23)27-26/h1-16H. The van der Waals surface area contributed by atoms with Gasteiger partial charge in [0.05, 0.1) is 0 Å². The molecule has 0 N–H and O–H groups in total. The molecular formula is C26H16S. The maximum absolute atomic E-state index is 2.36. The van der Waals surface area contributed by atoms with Crippen molar-refractivity contribution in [2.45, 2.75) is 0 Å². The molecule has 0 aliphatic rings. The van der Waals surface area contributed by atoms with Crippen LogP contribution in [0.25, 0.3) is 52.8 Å². The molecule has 1 heteroatoms. The van der Waals surface area contributed by atoms with E-state index >= 15 is 0 Å². The van der Waals surface area contributed by atoms with Crippen molar-refractivity contribution in [2.75, 3.05) is 0 Å². The van der Waals surface area contributed by atoms with Crippen molar-refractivity contribution in [3.05, 3.63) is 97.1 Å². The Bertz CT molecular complexity index is 1470. The zero-order valence-corrected chi connectivity index (χ0v) is 15.5. The van der Waals surface area contributed by atoms with Crippen molar-refractivity contribution in [3.8, 4) is 11.1 Å². The SMILES string of the molecule is c1ccc2c(c1)ccc1c(-c3ccc4sc5ccccc5c4c3)cccc12. The normalized spacial score (nSPS) is 11.7. The third kappa shape index (κ3) is 2.22. The molecule has 6 rings (SSSR count). The van der Waals surface area contributed by atoms with E-state index in [1.807, 2.05) is 11.3 Å². The predicted octanol–water partition coefficient (Wildman–Crippen LogP) is 8.03. The zero-order chi connectivity index (χ0) is 17.8. The fourth-order valence-corrected chi connectivity index (χ4v) is 5.27. The molecule has 0 nitrogen and oxygen atoms in total. The molecule has 0 aliphatic heterocycles. The van der Waals surface area contributed by atoms with Gasteiger partial charge in [0.1, 0.15) is 0 Å². The van der Waals surface area contributed by atoms with Gasteiger partial charge >= 0.3 is 0 Å². The molecule has 0 amide bonds. The highest BCUT2D eigenvalue weighted by Crippen LogP contribution is 2.38. The Morgan fingerprint density at radius 3 is 2.19 bits per heavy atom. The quantitative estimate of drug-likeness (QED) is 0.260. The minimum Gasteiger partial charge on any atom is -0.135 e. The Morgan fingerprint density at radius 2 is 1.22 bits per heavy atom. The maximum Gasteiger partial charge on any atom is 0.0355 e. The van der Waals surface area contributed by atoms with Crippen LogP contribution >= 0.6 is 11.3 Å². The van der Waals surface area contributed by atoms with Gasteiger partial charge in [0.2, 0.25) is 0 Å². The van der Waals surface area contributed by atoms with E-state index < -0.39 is 0 Å². The van der Waals surface area contributed by atoms with Gasteiger partial charge in [-0.2, -0.15) is 0 Å². The van der Waals surface area contributed by atoms with Crippen LogP contribution in [0.5, 0.6) is 0 Å². The maximum atomic E-state index is 2.36. The van der Waals surface area contributed by atoms with Crippen molar-refractivity contribution in [1.82, 2.24) is 0 Å². The minimum absolute atomic E-state index is 1.28. The second-order valence-corrected chi connectivity index (χ2v) is 8.08. The molecule has 0 saturated heterocycles. The predicted molar refractivity (Wildman–Crippen MR) is 120 cm³/mol. The van der Waals surface area contributed by atoms with Crippen LogP contribution in [0.15, 0.2) is 97.1 Å². The van der Waals surface area contributed by atoms with Crippen molar-refractivity contribution >= 4 is 53.1 Å². The van der Waals surface area contributed by atoms with Crippen LogP contribution in [0.2, 0.25) is 0 Å². The van der Waals surface area contributed by atoms with Gasteiger partial charge in [-0.3, -0.25) is 0 Å². The van der Waals surface area contributed by atoms with Crippen LogP contribution in [-0.2, 0) is 0 Å². The molecule has 126 valence electrons. The van der Waals surface area contributed by atoms with Gasteiger partial charge in [0, 0.05) is 20.2 Å². The highest BCUT2D eigenvalue weighted by atomic mass is 32.1. The first-order valence-corrected chi connectivity index (χ1v) is 10.0. The number of rotatable bonds is 1. The largest absolute Gasteiger partial charge is 0.135 e. The summed E-state index contributed by atoms with van der Waals surface area (Å²) in [5.41, 5.74) is 2.59. The molecule has 0 radical (unpaired) electrons. The molecule has 0 saturated carbocycles. The summed E-state index contributed by atoms with van der Waals surface area (Å²) < 4.78 is 2.71. The molecular weight excluding hydrogens is 344 g/mol. The summed E-state index contributed by atoms with van der Waals surface area (Å²) in [6.45, 7) is 0. The molecule has 0 unspecified atom stereocenters. The van der Waals surface area contributed by atoms with Crippen LogP contribution in [0.4, 0.5) is 0 Å². The van der Waals surface area contributed by atoms with Gasteiger partial charge in [-0.25, -0.2) is 0 Å². The van der Waals surface area contributed by atoms with E-state index in [2.05, 4.69) is 97.1 Å². The molecule has 0 bridgehead atoms. The molecule has 0 aliphatic carbocycles. The molecule has 5 aromatic carbocycles. The third-order valence-electron chi connectivity index (χ3n) is 5.47. The van der Waals surface area contributed by atoms with Gasteiger partial charge in [-0.05, 0) is 50.9 Å². The van der Waals surface area contributed by atoms with Gasteiger partial charge in [0.25, 0.3) is 0 Å². The lowest BCUT2D eigenvalue weighted by atomic mass is 9.94. The Morgan fingerprint density at radius 1 is 0.444 bits per heavy atom. The summed E-state index contributed by atoms with van der Waals surface area (Å²) in [6.07, 6.45) is 0. The first-order valence-electron chi connectivity index (χ1n) is 9.21. The van der Waals surface area contributed by atoms with E-state index in [-0.39, 0.29) is 0 Å². The molecule has 27 heavy (non-hydrogen) atoms. The molecule has 0 fully saturated rings. The number of fused-ring (bicyclic) bond motifs is 6. The van der Waals surface area contributed by atoms with E-state index in [9.17, 15) is 0 Å². The molecule has 0 spiro atoms. The van der Waals surface area contributed by atoms with Crippen LogP contribution < -0.4 is 0 Å². The topological polar surface area (TPSA) is 0 Å². The van der Waals surface area contributed by atoms with Gasteiger partial charge in [0.15, 0.2) is 0 Å². The van der Waals surface area contributed by atoms with E-state index in [4.69, 9.17) is 0 Å². The smallest absolute Gasteiger partial charge is 0.0355 e. The lowest BCUT2D eigenvalue weighted by molar-refractivity contribution is 1.71. The first-order chi connectivity index (χ1) is 13.4. The van der Waals surface area contributed by atoms with Crippen molar-refractivity contribution in [3.63, 3.8) is 0 Å². The van der Waals surface area contributed by atoms with Gasteiger partial charge in [-0.15, -0.1) is 11.3 Å². The summed E-state index contributed by atoms with van der Waals surface area (Å²) in [5.74, 6) is 0. The van der Waals surface area contributed by atoms with E-state index in [0.29, 0.717) is 0 Å². The second kappa shape index (κ2) is 5.67. The Labute approximate surface area is 161 Å².